The summed E-state index contributed by atoms with van der Waals surface area (Å²) >= 11 is 0. The third kappa shape index (κ3) is 2.93. The molecule has 4 rings (SSSR count). The minimum atomic E-state index is 0.0405. The highest BCUT2D eigenvalue weighted by Gasteiger charge is 2.09. The molecule has 0 aliphatic rings. The fraction of sp³-hybridized carbons (Fsp3) is 0.143. The SMILES string of the molecule is CN(C)c1ccc(-c2ccc3ncc(-c4ccc(CO)cc4)n3n2)cc1. The van der Waals surface area contributed by atoms with Crippen LogP contribution in [0.5, 0.6) is 0 Å². The summed E-state index contributed by atoms with van der Waals surface area (Å²) in [6.45, 7) is 0.0405. The van der Waals surface area contributed by atoms with E-state index < -0.39 is 0 Å². The summed E-state index contributed by atoms with van der Waals surface area (Å²) in [5, 5.41) is 14.0. The normalized spacial score (nSPS) is 11.0. The van der Waals surface area contributed by atoms with Gasteiger partial charge in [-0.2, -0.15) is 5.10 Å². The second-order valence-electron chi connectivity index (χ2n) is 6.43. The topological polar surface area (TPSA) is 53.7 Å². The van der Waals surface area contributed by atoms with Crippen molar-refractivity contribution in [2.24, 2.45) is 0 Å². The van der Waals surface area contributed by atoms with Crippen LogP contribution in [0.25, 0.3) is 28.2 Å². The molecule has 4 aromatic rings. The number of hydrogen-bond donors (Lipinski definition) is 1. The molecule has 0 fully saturated rings. The molecule has 0 unspecified atom stereocenters. The predicted octanol–water partition coefficient (Wildman–Crippen LogP) is 3.62. The van der Waals surface area contributed by atoms with Gasteiger partial charge in [0.15, 0.2) is 5.65 Å². The second-order valence-corrected chi connectivity index (χ2v) is 6.43. The van der Waals surface area contributed by atoms with Crippen LogP contribution in [0.4, 0.5) is 5.69 Å². The average molecular weight is 344 g/mol. The van der Waals surface area contributed by atoms with E-state index in [1.54, 1.807) is 0 Å². The molecule has 2 heterocycles. The maximum Gasteiger partial charge on any atom is 0.154 e. The molecule has 0 saturated carbocycles. The minimum absolute atomic E-state index is 0.0405. The maximum absolute atomic E-state index is 9.21. The van der Waals surface area contributed by atoms with Gasteiger partial charge in [-0.1, -0.05) is 36.4 Å². The summed E-state index contributed by atoms with van der Waals surface area (Å²) in [4.78, 5) is 6.53. The van der Waals surface area contributed by atoms with Crippen LogP contribution < -0.4 is 4.90 Å². The largest absolute Gasteiger partial charge is 0.392 e. The van der Waals surface area contributed by atoms with Crippen molar-refractivity contribution in [3.05, 3.63) is 72.4 Å². The van der Waals surface area contributed by atoms with Crippen LogP contribution in [-0.2, 0) is 6.61 Å². The van der Waals surface area contributed by atoms with Crippen LogP contribution in [0, 0.1) is 0 Å². The maximum atomic E-state index is 9.21. The first-order valence-corrected chi connectivity index (χ1v) is 8.48. The fourth-order valence-corrected chi connectivity index (χ4v) is 2.94. The molecule has 0 spiro atoms. The Morgan fingerprint density at radius 1 is 0.885 bits per heavy atom. The molecule has 26 heavy (non-hydrogen) atoms. The van der Waals surface area contributed by atoms with Crippen molar-refractivity contribution in [1.82, 2.24) is 14.6 Å². The van der Waals surface area contributed by atoms with E-state index in [2.05, 4.69) is 34.1 Å². The van der Waals surface area contributed by atoms with Crippen molar-refractivity contribution in [2.75, 3.05) is 19.0 Å². The van der Waals surface area contributed by atoms with Gasteiger partial charge < -0.3 is 10.0 Å². The van der Waals surface area contributed by atoms with Gasteiger partial charge in [0.1, 0.15) is 0 Å². The Balaban J connectivity index is 1.76. The van der Waals surface area contributed by atoms with Gasteiger partial charge >= 0.3 is 0 Å². The van der Waals surface area contributed by atoms with Gasteiger partial charge in [0.25, 0.3) is 0 Å². The zero-order valence-corrected chi connectivity index (χ0v) is 14.8. The van der Waals surface area contributed by atoms with Crippen LogP contribution in [0.1, 0.15) is 5.56 Å². The lowest BCUT2D eigenvalue weighted by molar-refractivity contribution is 0.282. The van der Waals surface area contributed by atoms with E-state index in [0.717, 1.165) is 39.4 Å². The van der Waals surface area contributed by atoms with Crippen molar-refractivity contribution >= 4 is 11.3 Å². The molecule has 5 nitrogen and oxygen atoms in total. The Hall–Kier alpha value is -3.18. The highest BCUT2D eigenvalue weighted by atomic mass is 16.3. The molecule has 2 aromatic heterocycles. The first-order valence-electron chi connectivity index (χ1n) is 8.48. The quantitative estimate of drug-likeness (QED) is 0.614. The van der Waals surface area contributed by atoms with Crippen LogP contribution in [-0.4, -0.2) is 33.8 Å². The second kappa shape index (κ2) is 6.61. The number of hydrogen-bond acceptors (Lipinski definition) is 4. The summed E-state index contributed by atoms with van der Waals surface area (Å²) in [5.74, 6) is 0. The number of benzene rings is 2. The highest BCUT2D eigenvalue weighted by Crippen LogP contribution is 2.24. The molecule has 0 bridgehead atoms. The minimum Gasteiger partial charge on any atom is -0.392 e. The smallest absolute Gasteiger partial charge is 0.154 e. The van der Waals surface area contributed by atoms with Gasteiger partial charge in [-0.3, -0.25) is 0 Å². The number of imidazole rings is 1. The van der Waals surface area contributed by atoms with E-state index in [1.807, 2.05) is 61.2 Å². The number of aromatic nitrogens is 3. The number of fused-ring (bicyclic) bond motifs is 1. The summed E-state index contributed by atoms with van der Waals surface area (Å²) in [7, 11) is 4.05. The van der Waals surface area contributed by atoms with Gasteiger partial charge in [0.05, 0.1) is 24.2 Å². The van der Waals surface area contributed by atoms with E-state index in [4.69, 9.17) is 5.10 Å². The van der Waals surface area contributed by atoms with Crippen molar-refractivity contribution in [1.29, 1.82) is 0 Å². The van der Waals surface area contributed by atoms with Crippen LogP contribution in [0.3, 0.4) is 0 Å². The third-order valence-electron chi connectivity index (χ3n) is 4.47. The van der Waals surface area contributed by atoms with E-state index in [1.165, 1.54) is 0 Å². The molecular formula is C21H20N4O. The van der Waals surface area contributed by atoms with Gasteiger partial charge in [-0.25, -0.2) is 9.50 Å². The van der Waals surface area contributed by atoms with Crippen molar-refractivity contribution in [2.45, 2.75) is 6.61 Å². The van der Waals surface area contributed by atoms with Crippen molar-refractivity contribution < 1.29 is 5.11 Å². The zero-order chi connectivity index (χ0) is 18.1. The fourth-order valence-electron chi connectivity index (χ4n) is 2.94. The monoisotopic (exact) mass is 344 g/mol. The van der Waals surface area contributed by atoms with Crippen LogP contribution in [0.15, 0.2) is 66.9 Å². The molecular weight excluding hydrogens is 324 g/mol. The Labute approximate surface area is 152 Å². The molecule has 0 saturated heterocycles. The lowest BCUT2D eigenvalue weighted by Crippen LogP contribution is -2.08. The van der Waals surface area contributed by atoms with Gasteiger partial charge in [-0.05, 0) is 29.8 Å². The molecule has 0 radical (unpaired) electrons. The summed E-state index contributed by atoms with van der Waals surface area (Å²) in [6, 6.07) is 20.1. The lowest BCUT2D eigenvalue weighted by atomic mass is 10.1. The highest BCUT2D eigenvalue weighted by molar-refractivity contribution is 5.67. The van der Waals surface area contributed by atoms with E-state index in [9.17, 15) is 5.11 Å². The number of rotatable bonds is 4. The Kier molecular flexibility index (Phi) is 4.14. The summed E-state index contributed by atoms with van der Waals surface area (Å²) in [5.41, 5.74) is 6.75. The molecule has 0 aliphatic heterocycles. The molecule has 130 valence electrons. The first-order chi connectivity index (χ1) is 12.7. The average Bonchev–Trinajstić information content (AvgIpc) is 3.11. The van der Waals surface area contributed by atoms with Crippen LogP contribution in [0.2, 0.25) is 0 Å². The molecule has 0 atom stereocenters. The van der Waals surface area contributed by atoms with Gasteiger partial charge in [-0.15, -0.1) is 0 Å². The summed E-state index contributed by atoms with van der Waals surface area (Å²) < 4.78 is 1.86. The van der Waals surface area contributed by atoms with Gasteiger partial charge in [0, 0.05) is 30.9 Å². The molecule has 0 aliphatic carbocycles. The van der Waals surface area contributed by atoms with Crippen LogP contribution >= 0.6 is 0 Å². The molecule has 1 N–H and O–H groups in total. The Morgan fingerprint density at radius 2 is 1.58 bits per heavy atom. The first kappa shape index (κ1) is 16.3. The lowest BCUT2D eigenvalue weighted by Gasteiger charge is -2.12. The van der Waals surface area contributed by atoms with Crippen molar-refractivity contribution in [3.63, 3.8) is 0 Å². The predicted molar refractivity (Wildman–Crippen MR) is 104 cm³/mol. The molecule has 5 heteroatoms. The van der Waals surface area contributed by atoms with E-state index in [-0.39, 0.29) is 6.61 Å². The van der Waals surface area contributed by atoms with Crippen molar-refractivity contribution in [3.8, 4) is 22.5 Å². The Morgan fingerprint density at radius 3 is 2.23 bits per heavy atom. The van der Waals surface area contributed by atoms with E-state index in [0.29, 0.717) is 0 Å². The number of nitrogens with zero attached hydrogens (tertiary/aromatic N) is 4. The number of aliphatic hydroxyl groups excluding tert-OH is 1. The van der Waals surface area contributed by atoms with Gasteiger partial charge in [0.2, 0.25) is 0 Å². The Bertz CT molecular complexity index is 1030. The number of aliphatic hydroxyl groups is 1. The summed E-state index contributed by atoms with van der Waals surface area (Å²) in [6.07, 6.45) is 1.83. The number of anilines is 1. The van der Waals surface area contributed by atoms with E-state index >= 15 is 0 Å². The molecule has 2 aromatic carbocycles. The standard InChI is InChI=1S/C21H20N4O/c1-24(2)18-9-7-16(8-10-18)19-11-12-21-22-13-20(25(21)23-19)17-5-3-15(14-26)4-6-17/h3-13,26H,14H2,1-2H3. The zero-order valence-electron chi connectivity index (χ0n) is 14.8. The molecule has 0 amide bonds. The third-order valence-corrected chi connectivity index (χ3v) is 4.47.